The molecular weight excluding hydrogens is 1530 g/mol. The van der Waals surface area contributed by atoms with Crippen molar-refractivity contribution in [2.45, 2.75) is 64.9 Å². The van der Waals surface area contributed by atoms with E-state index in [-0.39, 0.29) is 60.9 Å². The van der Waals surface area contributed by atoms with Crippen molar-refractivity contribution in [1.82, 2.24) is 0 Å². The van der Waals surface area contributed by atoms with E-state index in [2.05, 4.69) is 133 Å². The van der Waals surface area contributed by atoms with Crippen molar-refractivity contribution in [2.24, 2.45) is 0 Å². The van der Waals surface area contributed by atoms with Gasteiger partial charge < -0.3 is 18.9 Å². The van der Waals surface area contributed by atoms with Gasteiger partial charge in [0.25, 0.3) is 0 Å². The van der Waals surface area contributed by atoms with Crippen molar-refractivity contribution in [3.63, 3.8) is 0 Å². The summed E-state index contributed by atoms with van der Waals surface area (Å²) >= 11 is 0. The summed E-state index contributed by atoms with van der Waals surface area (Å²) in [5, 5.41) is 0. The Kier molecular flexibility index (Phi) is 27.3. The Morgan fingerprint density at radius 2 is 0.395 bits per heavy atom. The molecule has 0 unspecified atom stereocenters. The molecular formula is C97H69F9O4S4+4. The van der Waals surface area contributed by atoms with Crippen molar-refractivity contribution < 1.29 is 58.5 Å². The average molecular weight is 1600 g/mol. The first-order valence-corrected chi connectivity index (χ1v) is 40.5. The van der Waals surface area contributed by atoms with E-state index in [4.69, 9.17) is 18.9 Å². The normalized spacial score (nSPS) is 11.0. The highest BCUT2D eigenvalue weighted by Crippen LogP contribution is 2.40. The Bertz CT molecular complexity index is 5450. The molecule has 16 aromatic rings. The quantitative estimate of drug-likeness (QED) is 0.0563. The maximum Gasteiger partial charge on any atom is 0.416 e. The highest BCUT2D eigenvalue weighted by molar-refractivity contribution is 7.98. The SMILES string of the molecule is FC(F)(F)c1ccc(Oc2ccc([S+](c3ccccc3)c3ccccc3)cc2)cc1.Fc1cc(F)c(Oc2ccc([S+](c3ccccc3)c3ccccc3)cc2)c(F)c1.Fc1ccc(Oc2ccc([S+](c3ccccc3)c3ccccc3)cc2)c(F)c1.Fc1ccc(Oc2ccc([S+](c3ccccc3)c3ccccc3)cc2)cc1. The summed E-state index contributed by atoms with van der Waals surface area (Å²) in [5.74, 6) is -2.35. The molecule has 0 saturated carbocycles. The third kappa shape index (κ3) is 21.8. The average Bonchev–Trinajstić information content (AvgIpc) is 0.820. The van der Waals surface area contributed by atoms with Gasteiger partial charge in [0.2, 0.25) is 0 Å². The molecule has 0 bridgehead atoms. The van der Waals surface area contributed by atoms with Gasteiger partial charge in [0, 0.05) is 18.2 Å². The second-order valence-electron chi connectivity index (χ2n) is 24.8. The lowest BCUT2D eigenvalue weighted by atomic mass is 10.2. The highest BCUT2D eigenvalue weighted by Gasteiger charge is 2.34. The number of ether oxygens (including phenoxy) is 4. The zero-order chi connectivity index (χ0) is 79.0. The van der Waals surface area contributed by atoms with Gasteiger partial charge in [-0.3, -0.25) is 0 Å². The second-order valence-corrected chi connectivity index (χ2v) is 32.9. The fraction of sp³-hybridized carbons (Fsp3) is 0.0103. The largest absolute Gasteiger partial charge is 0.457 e. The van der Waals surface area contributed by atoms with Crippen LogP contribution in [-0.2, 0) is 49.8 Å². The molecule has 16 aromatic carbocycles. The highest BCUT2D eigenvalue weighted by atomic mass is 32.2. The van der Waals surface area contributed by atoms with Gasteiger partial charge in [0.15, 0.2) is 87.7 Å². The third-order valence-corrected chi connectivity index (χ3v) is 25.8. The van der Waals surface area contributed by atoms with E-state index in [1.165, 1.54) is 70.7 Å². The molecule has 0 aliphatic carbocycles. The van der Waals surface area contributed by atoms with Crippen LogP contribution in [0.3, 0.4) is 0 Å². The predicted octanol–water partition coefficient (Wildman–Crippen LogP) is 28.2. The van der Waals surface area contributed by atoms with Crippen LogP contribution < -0.4 is 18.9 Å². The maximum absolute atomic E-state index is 13.8. The Hall–Kier alpha value is -12.5. The van der Waals surface area contributed by atoms with E-state index >= 15 is 0 Å². The molecule has 114 heavy (non-hydrogen) atoms. The number of hydrogen-bond donors (Lipinski definition) is 0. The van der Waals surface area contributed by atoms with Crippen LogP contribution in [0.1, 0.15) is 5.56 Å². The number of alkyl halides is 3. The molecule has 0 aromatic heterocycles. The van der Waals surface area contributed by atoms with E-state index in [1.807, 2.05) is 194 Å². The lowest BCUT2D eigenvalue weighted by Crippen LogP contribution is -2.04. The Morgan fingerprint density at radius 1 is 0.184 bits per heavy atom. The minimum Gasteiger partial charge on any atom is -0.457 e. The fourth-order valence-corrected chi connectivity index (χ4v) is 19.9. The summed E-state index contributed by atoms with van der Waals surface area (Å²) < 4.78 is 141. The van der Waals surface area contributed by atoms with E-state index in [0.717, 1.165) is 48.4 Å². The van der Waals surface area contributed by atoms with Crippen molar-refractivity contribution in [1.29, 1.82) is 0 Å². The lowest BCUT2D eigenvalue weighted by Gasteiger charge is -2.10. The molecule has 0 atom stereocenters. The first kappa shape index (κ1) is 79.6. The molecule has 564 valence electrons. The van der Waals surface area contributed by atoms with Crippen molar-refractivity contribution in [2.75, 3.05) is 0 Å². The number of hydrogen-bond acceptors (Lipinski definition) is 4. The summed E-state index contributed by atoms with van der Waals surface area (Å²) in [7, 11) is -1.03. The van der Waals surface area contributed by atoms with Gasteiger partial charge in [-0.05, 0) is 255 Å². The summed E-state index contributed by atoms with van der Waals surface area (Å²) in [5.41, 5.74) is -0.694. The molecule has 0 aliphatic rings. The monoisotopic (exact) mass is 1600 g/mol. The van der Waals surface area contributed by atoms with E-state index in [9.17, 15) is 39.5 Å². The Balaban J connectivity index is 0.000000133. The van der Waals surface area contributed by atoms with Gasteiger partial charge in [-0.25, -0.2) is 26.3 Å². The molecule has 0 amide bonds. The van der Waals surface area contributed by atoms with Crippen LogP contribution in [-0.4, -0.2) is 0 Å². The summed E-state index contributed by atoms with van der Waals surface area (Å²) in [4.78, 5) is 14.2. The predicted molar refractivity (Wildman–Crippen MR) is 437 cm³/mol. The molecule has 0 N–H and O–H groups in total. The molecule has 0 fully saturated rings. The molecule has 16 rings (SSSR count). The maximum atomic E-state index is 13.8. The van der Waals surface area contributed by atoms with Crippen molar-refractivity contribution in [3.8, 4) is 46.0 Å². The smallest absolute Gasteiger partial charge is 0.416 e. The molecule has 0 saturated heterocycles. The van der Waals surface area contributed by atoms with Gasteiger partial charge in [-0.15, -0.1) is 0 Å². The van der Waals surface area contributed by atoms with Gasteiger partial charge in [-0.1, -0.05) is 146 Å². The summed E-state index contributed by atoms with van der Waals surface area (Å²) in [6.07, 6.45) is -4.36. The number of rotatable bonds is 20. The topological polar surface area (TPSA) is 36.9 Å². The number of benzene rings is 16. The van der Waals surface area contributed by atoms with E-state index in [0.29, 0.717) is 35.1 Å². The van der Waals surface area contributed by atoms with Crippen LogP contribution in [0.15, 0.2) is 477 Å². The van der Waals surface area contributed by atoms with Gasteiger partial charge in [-0.2, -0.15) is 13.2 Å². The van der Waals surface area contributed by atoms with Crippen molar-refractivity contribution >= 4 is 43.6 Å². The van der Waals surface area contributed by atoms with Crippen LogP contribution >= 0.6 is 0 Å². The van der Waals surface area contributed by atoms with Crippen LogP contribution in [0.25, 0.3) is 0 Å². The van der Waals surface area contributed by atoms with E-state index in [1.54, 1.807) is 24.3 Å². The van der Waals surface area contributed by atoms with Crippen LogP contribution in [0, 0.1) is 34.9 Å². The van der Waals surface area contributed by atoms with Gasteiger partial charge in [0.1, 0.15) is 51.9 Å². The second kappa shape index (κ2) is 39.1. The molecule has 0 aliphatic heterocycles. The number of halogens is 9. The van der Waals surface area contributed by atoms with Gasteiger partial charge in [0.05, 0.1) is 49.1 Å². The zero-order valence-corrected chi connectivity index (χ0v) is 63.8. The van der Waals surface area contributed by atoms with Crippen LogP contribution in [0.5, 0.6) is 46.0 Å². The first-order chi connectivity index (χ1) is 55.6. The Morgan fingerprint density at radius 3 is 0.649 bits per heavy atom. The fourth-order valence-electron chi connectivity index (χ4n) is 11.6. The first-order valence-electron chi connectivity index (χ1n) is 35.6. The molecule has 0 heterocycles. The summed E-state index contributed by atoms with van der Waals surface area (Å²) in [6, 6.07) is 128. The molecule has 4 nitrogen and oxygen atoms in total. The molecule has 17 heteroatoms. The van der Waals surface area contributed by atoms with Crippen molar-refractivity contribution in [3.05, 3.63) is 459 Å². The molecule has 0 spiro atoms. The van der Waals surface area contributed by atoms with E-state index < -0.39 is 46.6 Å². The standard InChI is InChI=1S/C25H18F3OS.C24H16F3OS.C24H17F2OS.C24H18FOS/c26-25(27,28)19-11-13-20(14-12-19)29-21-15-17-24(18-16-21)30(22-7-3-1-4-8-22)23-9-5-2-6-10-23;25-17-15-22(26)24(23(27)16-17)28-18-11-13-21(14-12-18)29(19-7-3-1-4-8-19)20-9-5-2-6-10-20;25-18-11-16-24(23(26)17-18)27-19-12-14-22(15-13-19)28(20-7-3-1-4-8-20)21-9-5-2-6-10-21;25-19-11-13-20(14-12-19)26-21-15-17-24(18-16-21)27(22-7-3-1-4-8-22)23-9-5-2-6-10-23/h1-18H;1-16H;1-17H;1-18H/q4*+1. The summed E-state index contributed by atoms with van der Waals surface area (Å²) in [6.45, 7) is 0. The Labute approximate surface area is 667 Å². The van der Waals surface area contributed by atoms with Crippen LogP contribution in [0.4, 0.5) is 39.5 Å². The lowest BCUT2D eigenvalue weighted by molar-refractivity contribution is -0.137. The molecule has 0 radical (unpaired) electrons. The minimum absolute atomic E-state index is 0.000678. The minimum atomic E-state index is -4.36. The van der Waals surface area contributed by atoms with Crippen LogP contribution in [0.2, 0.25) is 0 Å². The third-order valence-electron chi connectivity index (χ3n) is 16.8. The van der Waals surface area contributed by atoms with Gasteiger partial charge >= 0.3 is 6.18 Å². The zero-order valence-electron chi connectivity index (χ0n) is 60.5.